The second-order valence-electron chi connectivity index (χ2n) is 8.34. The van der Waals surface area contributed by atoms with Gasteiger partial charge in [0.15, 0.2) is 0 Å². The molecule has 1 saturated carbocycles. The molecule has 2 nitrogen and oxygen atoms in total. The quantitative estimate of drug-likeness (QED) is 0.434. The number of benzene rings is 2. The van der Waals surface area contributed by atoms with Crippen LogP contribution in [-0.2, 0) is 19.3 Å². The van der Waals surface area contributed by atoms with Gasteiger partial charge >= 0.3 is 6.18 Å². The minimum atomic E-state index is -4.49. The third-order valence-electron chi connectivity index (χ3n) is 5.97. The first-order valence-electron chi connectivity index (χ1n) is 10.4. The highest BCUT2D eigenvalue weighted by Gasteiger charge is 2.33. The fourth-order valence-electron chi connectivity index (χ4n) is 4.24. The molecule has 0 saturated heterocycles. The standard InChI is InChI=1S/C23H26Cl3F3N2/c24-19-7-6-18(22(26)10-19)14-31(12-16-3-1-15(11-30)2-4-16)13-17-5-8-21(25)20(9-17)23(27,28)29/h5-10,15-16H,1-4,11-14,30H2. The van der Waals surface area contributed by atoms with Crippen molar-refractivity contribution in [2.75, 3.05) is 13.1 Å². The van der Waals surface area contributed by atoms with Gasteiger partial charge in [-0.3, -0.25) is 4.90 Å². The Morgan fingerprint density at radius 1 is 0.871 bits per heavy atom. The van der Waals surface area contributed by atoms with Crippen molar-refractivity contribution in [3.05, 3.63) is 68.2 Å². The summed E-state index contributed by atoms with van der Waals surface area (Å²) in [4.78, 5) is 2.16. The van der Waals surface area contributed by atoms with Gasteiger partial charge in [0.05, 0.1) is 10.6 Å². The van der Waals surface area contributed by atoms with E-state index in [1.54, 1.807) is 18.2 Å². The zero-order chi connectivity index (χ0) is 22.6. The molecule has 0 heterocycles. The maximum absolute atomic E-state index is 13.3. The van der Waals surface area contributed by atoms with Crippen molar-refractivity contribution in [3.8, 4) is 0 Å². The van der Waals surface area contributed by atoms with Crippen LogP contribution >= 0.6 is 34.8 Å². The minimum Gasteiger partial charge on any atom is -0.330 e. The van der Waals surface area contributed by atoms with Gasteiger partial charge in [-0.1, -0.05) is 46.9 Å². The molecular formula is C23H26Cl3F3N2. The topological polar surface area (TPSA) is 29.3 Å². The molecule has 1 aliphatic carbocycles. The first-order chi connectivity index (χ1) is 14.7. The predicted molar refractivity (Wildman–Crippen MR) is 122 cm³/mol. The molecule has 2 N–H and O–H groups in total. The van der Waals surface area contributed by atoms with E-state index in [1.807, 2.05) is 6.07 Å². The lowest BCUT2D eigenvalue weighted by Gasteiger charge is -2.33. The van der Waals surface area contributed by atoms with Crippen molar-refractivity contribution in [2.24, 2.45) is 17.6 Å². The number of hydrogen-bond donors (Lipinski definition) is 1. The number of rotatable bonds is 7. The Bertz CT molecular complexity index is 881. The Morgan fingerprint density at radius 2 is 1.55 bits per heavy atom. The summed E-state index contributed by atoms with van der Waals surface area (Å²) in [6, 6.07) is 9.44. The van der Waals surface area contributed by atoms with Gasteiger partial charge in [0, 0.05) is 29.7 Å². The van der Waals surface area contributed by atoms with Gasteiger partial charge in [-0.05, 0) is 79.5 Å². The van der Waals surface area contributed by atoms with E-state index in [4.69, 9.17) is 40.5 Å². The Kier molecular flexibility index (Phi) is 8.56. The van der Waals surface area contributed by atoms with E-state index < -0.39 is 11.7 Å². The summed E-state index contributed by atoms with van der Waals surface area (Å²) in [5, 5.41) is 0.813. The van der Waals surface area contributed by atoms with Crippen molar-refractivity contribution < 1.29 is 13.2 Å². The first kappa shape index (κ1) is 24.7. The lowest BCUT2D eigenvalue weighted by atomic mass is 9.82. The summed E-state index contributed by atoms with van der Waals surface area (Å²) in [6.07, 6.45) is -0.161. The van der Waals surface area contributed by atoms with E-state index in [2.05, 4.69) is 4.90 Å². The molecule has 2 aromatic carbocycles. The number of nitrogens with zero attached hydrogens (tertiary/aromatic N) is 1. The maximum Gasteiger partial charge on any atom is 0.417 e. The molecule has 0 atom stereocenters. The molecule has 0 radical (unpaired) electrons. The second kappa shape index (κ2) is 10.8. The summed E-state index contributed by atoms with van der Waals surface area (Å²) >= 11 is 18.2. The molecule has 8 heteroatoms. The van der Waals surface area contributed by atoms with Gasteiger partial charge in [0.2, 0.25) is 0 Å². The number of nitrogens with two attached hydrogens (primary N) is 1. The largest absolute Gasteiger partial charge is 0.417 e. The molecule has 0 unspecified atom stereocenters. The van der Waals surface area contributed by atoms with Gasteiger partial charge in [0.25, 0.3) is 0 Å². The lowest BCUT2D eigenvalue weighted by molar-refractivity contribution is -0.137. The molecule has 170 valence electrons. The Balaban J connectivity index is 1.80. The van der Waals surface area contributed by atoms with E-state index in [1.165, 1.54) is 6.07 Å². The SMILES string of the molecule is NCC1CCC(CN(Cc2ccc(Cl)c(C(F)(F)F)c2)Cc2ccc(Cl)cc2Cl)CC1. The molecule has 0 aliphatic heterocycles. The maximum atomic E-state index is 13.3. The van der Waals surface area contributed by atoms with Crippen molar-refractivity contribution in [3.63, 3.8) is 0 Å². The van der Waals surface area contributed by atoms with E-state index in [0.717, 1.165) is 43.9 Å². The van der Waals surface area contributed by atoms with Crippen molar-refractivity contribution in [2.45, 2.75) is 44.9 Å². The number of hydrogen-bond acceptors (Lipinski definition) is 2. The van der Waals surface area contributed by atoms with Gasteiger partial charge in [-0.2, -0.15) is 13.2 Å². The van der Waals surface area contributed by atoms with E-state index in [0.29, 0.717) is 47.1 Å². The number of alkyl halides is 3. The smallest absolute Gasteiger partial charge is 0.330 e. The van der Waals surface area contributed by atoms with Crippen molar-refractivity contribution in [1.29, 1.82) is 0 Å². The minimum absolute atomic E-state index is 0.288. The summed E-state index contributed by atoms with van der Waals surface area (Å²) in [6.45, 7) is 2.38. The summed E-state index contributed by atoms with van der Waals surface area (Å²) in [5.74, 6) is 1.05. The molecule has 0 amide bonds. The van der Waals surface area contributed by atoms with E-state index in [9.17, 15) is 13.2 Å². The Morgan fingerprint density at radius 3 is 2.16 bits per heavy atom. The molecule has 0 bridgehead atoms. The van der Waals surface area contributed by atoms with Crippen LogP contribution in [0.2, 0.25) is 15.1 Å². The average molecular weight is 494 g/mol. The molecule has 0 spiro atoms. The van der Waals surface area contributed by atoms with Crippen LogP contribution in [-0.4, -0.2) is 18.0 Å². The van der Waals surface area contributed by atoms with Gasteiger partial charge in [-0.25, -0.2) is 0 Å². The van der Waals surface area contributed by atoms with Crippen molar-refractivity contribution >= 4 is 34.8 Å². The Hall–Kier alpha value is -0.980. The highest BCUT2D eigenvalue weighted by Crippen LogP contribution is 2.36. The summed E-state index contributed by atoms with van der Waals surface area (Å²) in [7, 11) is 0. The second-order valence-corrected chi connectivity index (χ2v) is 9.59. The highest BCUT2D eigenvalue weighted by atomic mass is 35.5. The van der Waals surface area contributed by atoms with Crippen LogP contribution in [0.3, 0.4) is 0 Å². The van der Waals surface area contributed by atoms with Crippen LogP contribution in [0.5, 0.6) is 0 Å². The fourth-order valence-corrected chi connectivity index (χ4v) is 4.93. The normalized spacial score (nSPS) is 19.7. The first-order valence-corrected chi connectivity index (χ1v) is 11.5. The summed E-state index contributed by atoms with van der Waals surface area (Å²) < 4.78 is 39.9. The average Bonchev–Trinajstić information content (AvgIpc) is 2.71. The third kappa shape index (κ3) is 7.00. The van der Waals surface area contributed by atoms with Gasteiger partial charge < -0.3 is 5.73 Å². The molecule has 1 aliphatic rings. The predicted octanol–water partition coefficient (Wildman–Crippen LogP) is 7.43. The van der Waals surface area contributed by atoms with E-state index in [-0.39, 0.29) is 5.02 Å². The van der Waals surface area contributed by atoms with Crippen LogP contribution in [0.4, 0.5) is 13.2 Å². The zero-order valence-corrected chi connectivity index (χ0v) is 19.3. The monoisotopic (exact) mass is 492 g/mol. The van der Waals surface area contributed by atoms with Crippen LogP contribution in [0.15, 0.2) is 36.4 Å². The molecule has 31 heavy (non-hydrogen) atoms. The van der Waals surface area contributed by atoms with Crippen LogP contribution in [0, 0.1) is 11.8 Å². The third-order valence-corrected chi connectivity index (χ3v) is 6.88. The number of halogens is 6. The zero-order valence-electron chi connectivity index (χ0n) is 17.1. The highest BCUT2D eigenvalue weighted by molar-refractivity contribution is 6.35. The van der Waals surface area contributed by atoms with Gasteiger partial charge in [0.1, 0.15) is 0 Å². The molecule has 1 fully saturated rings. The van der Waals surface area contributed by atoms with E-state index >= 15 is 0 Å². The molecule has 3 rings (SSSR count). The van der Waals surface area contributed by atoms with Gasteiger partial charge in [-0.15, -0.1) is 0 Å². The lowest BCUT2D eigenvalue weighted by Crippen LogP contribution is -2.32. The Labute approximate surface area is 196 Å². The molecule has 2 aromatic rings. The van der Waals surface area contributed by atoms with Crippen molar-refractivity contribution in [1.82, 2.24) is 4.90 Å². The molecular weight excluding hydrogens is 468 g/mol. The molecule has 0 aromatic heterocycles. The summed E-state index contributed by atoms with van der Waals surface area (Å²) in [5.41, 5.74) is 6.46. The van der Waals surface area contributed by atoms with Crippen LogP contribution < -0.4 is 5.73 Å². The van der Waals surface area contributed by atoms with Crippen LogP contribution in [0.1, 0.15) is 42.4 Å². The fraction of sp³-hybridized carbons (Fsp3) is 0.478. The van der Waals surface area contributed by atoms with Crippen LogP contribution in [0.25, 0.3) is 0 Å².